The topological polar surface area (TPSA) is 45.9 Å². The number of pyridine rings is 1. The molecular formula is C18H11F3N2O. The molecule has 0 aliphatic heterocycles. The summed E-state index contributed by atoms with van der Waals surface area (Å²) < 4.78 is 43.5. The molecule has 0 bridgehead atoms. The molecule has 6 heteroatoms. The number of nitrogens with zero attached hydrogens (tertiary/aromatic N) is 2. The standard InChI is InChI=1S/C18H11F3N2O/c1-11-8-9-23-17-15(7-2-12(10-22)16(11)17)24-14-5-3-13(4-6-14)18(19,20)21/h2-9H,1H3. The Labute approximate surface area is 135 Å². The Kier molecular flexibility index (Phi) is 3.86. The van der Waals surface area contributed by atoms with E-state index in [1.165, 1.54) is 12.1 Å². The molecular weight excluding hydrogens is 317 g/mol. The highest BCUT2D eigenvalue weighted by Gasteiger charge is 2.30. The smallest absolute Gasteiger partial charge is 0.416 e. The van der Waals surface area contributed by atoms with Gasteiger partial charge in [0.05, 0.1) is 17.2 Å². The summed E-state index contributed by atoms with van der Waals surface area (Å²) in [7, 11) is 0. The van der Waals surface area contributed by atoms with E-state index in [0.717, 1.165) is 17.7 Å². The monoisotopic (exact) mass is 328 g/mol. The lowest BCUT2D eigenvalue weighted by Crippen LogP contribution is -2.04. The number of halogens is 3. The highest BCUT2D eigenvalue weighted by atomic mass is 19.4. The normalized spacial score (nSPS) is 11.3. The van der Waals surface area contributed by atoms with Crippen molar-refractivity contribution in [2.24, 2.45) is 0 Å². The predicted octanol–water partition coefficient (Wildman–Crippen LogP) is 5.23. The Morgan fingerprint density at radius 3 is 2.38 bits per heavy atom. The zero-order valence-corrected chi connectivity index (χ0v) is 12.6. The number of alkyl halides is 3. The van der Waals surface area contributed by atoms with Gasteiger partial charge in [0.15, 0.2) is 5.75 Å². The maximum atomic E-state index is 12.6. The zero-order valence-electron chi connectivity index (χ0n) is 12.6. The van der Waals surface area contributed by atoms with E-state index in [2.05, 4.69) is 11.1 Å². The second-order valence-corrected chi connectivity index (χ2v) is 5.20. The second-order valence-electron chi connectivity index (χ2n) is 5.20. The van der Waals surface area contributed by atoms with Gasteiger partial charge >= 0.3 is 6.18 Å². The number of aromatic nitrogens is 1. The summed E-state index contributed by atoms with van der Waals surface area (Å²) in [4.78, 5) is 4.25. The van der Waals surface area contributed by atoms with Crippen LogP contribution in [0.4, 0.5) is 13.2 Å². The lowest BCUT2D eigenvalue weighted by Gasteiger charge is -2.12. The van der Waals surface area contributed by atoms with Gasteiger partial charge in [-0.15, -0.1) is 0 Å². The fraction of sp³-hybridized carbons (Fsp3) is 0.111. The van der Waals surface area contributed by atoms with Crippen LogP contribution in [0.3, 0.4) is 0 Å². The highest BCUT2D eigenvalue weighted by molar-refractivity contribution is 5.92. The Balaban J connectivity index is 2.03. The van der Waals surface area contributed by atoms with E-state index >= 15 is 0 Å². The van der Waals surface area contributed by atoms with Gasteiger partial charge in [0.2, 0.25) is 0 Å². The van der Waals surface area contributed by atoms with Crippen molar-refractivity contribution in [2.45, 2.75) is 13.1 Å². The molecule has 0 fully saturated rings. The van der Waals surface area contributed by atoms with Crippen molar-refractivity contribution in [3.8, 4) is 17.6 Å². The van der Waals surface area contributed by atoms with Crippen LogP contribution in [-0.2, 0) is 6.18 Å². The Morgan fingerprint density at radius 1 is 1.04 bits per heavy atom. The molecule has 0 atom stereocenters. The highest BCUT2D eigenvalue weighted by Crippen LogP contribution is 2.34. The second kappa shape index (κ2) is 5.85. The van der Waals surface area contributed by atoms with E-state index in [1.807, 2.05) is 6.92 Å². The zero-order chi connectivity index (χ0) is 17.3. The number of nitriles is 1. The van der Waals surface area contributed by atoms with E-state index in [9.17, 15) is 18.4 Å². The van der Waals surface area contributed by atoms with Gasteiger partial charge in [0, 0.05) is 11.6 Å². The minimum Gasteiger partial charge on any atom is -0.455 e. The van der Waals surface area contributed by atoms with Crippen molar-refractivity contribution in [3.63, 3.8) is 0 Å². The summed E-state index contributed by atoms with van der Waals surface area (Å²) in [5, 5.41) is 9.89. The van der Waals surface area contributed by atoms with Crippen LogP contribution >= 0.6 is 0 Å². The molecule has 0 spiro atoms. The fourth-order valence-electron chi connectivity index (χ4n) is 2.42. The van der Waals surface area contributed by atoms with Crippen LogP contribution in [0, 0.1) is 18.3 Å². The van der Waals surface area contributed by atoms with Crippen LogP contribution < -0.4 is 4.74 Å². The number of rotatable bonds is 2. The van der Waals surface area contributed by atoms with Gasteiger partial charge in [-0.05, 0) is 55.0 Å². The summed E-state index contributed by atoms with van der Waals surface area (Å²) in [5.41, 5.74) is 1.09. The molecule has 0 N–H and O–H groups in total. The first-order chi connectivity index (χ1) is 11.4. The van der Waals surface area contributed by atoms with Crippen LogP contribution in [0.2, 0.25) is 0 Å². The first-order valence-corrected chi connectivity index (χ1v) is 7.03. The number of hydrogen-bond acceptors (Lipinski definition) is 3. The molecule has 0 unspecified atom stereocenters. The molecule has 2 aromatic carbocycles. The number of aryl methyl sites for hydroxylation is 1. The van der Waals surface area contributed by atoms with Gasteiger partial charge in [-0.3, -0.25) is 4.98 Å². The summed E-state index contributed by atoms with van der Waals surface area (Å²) in [6.45, 7) is 1.85. The van der Waals surface area contributed by atoms with Crippen LogP contribution in [0.15, 0.2) is 48.7 Å². The number of ether oxygens (including phenoxy) is 1. The van der Waals surface area contributed by atoms with E-state index < -0.39 is 11.7 Å². The van der Waals surface area contributed by atoms with Crippen molar-refractivity contribution in [2.75, 3.05) is 0 Å². The minimum absolute atomic E-state index is 0.261. The summed E-state index contributed by atoms with van der Waals surface area (Å²) in [6, 6.07) is 11.5. The molecule has 0 radical (unpaired) electrons. The summed E-state index contributed by atoms with van der Waals surface area (Å²) in [6.07, 6.45) is -2.79. The molecule has 0 amide bonds. The summed E-state index contributed by atoms with van der Waals surface area (Å²) >= 11 is 0. The first-order valence-electron chi connectivity index (χ1n) is 7.03. The van der Waals surface area contributed by atoms with Crippen molar-refractivity contribution >= 4 is 10.9 Å². The predicted molar refractivity (Wildman–Crippen MR) is 82.7 cm³/mol. The summed E-state index contributed by atoms with van der Waals surface area (Å²) in [5.74, 6) is 0.643. The first kappa shape index (κ1) is 15.8. The average Bonchev–Trinajstić information content (AvgIpc) is 2.55. The van der Waals surface area contributed by atoms with Gasteiger partial charge in [0.1, 0.15) is 11.3 Å². The molecule has 0 saturated heterocycles. The number of benzene rings is 2. The van der Waals surface area contributed by atoms with Gasteiger partial charge in [-0.25, -0.2) is 0 Å². The van der Waals surface area contributed by atoms with Crippen molar-refractivity contribution in [3.05, 3.63) is 65.4 Å². The third-order valence-corrected chi connectivity index (χ3v) is 3.59. The van der Waals surface area contributed by atoms with Crippen LogP contribution in [-0.4, -0.2) is 4.98 Å². The quantitative estimate of drug-likeness (QED) is 0.647. The molecule has 3 rings (SSSR count). The number of fused-ring (bicyclic) bond motifs is 1. The van der Waals surface area contributed by atoms with Crippen molar-refractivity contribution in [1.82, 2.24) is 4.98 Å². The Bertz CT molecular complexity index is 941. The molecule has 120 valence electrons. The maximum absolute atomic E-state index is 12.6. The van der Waals surface area contributed by atoms with Crippen molar-refractivity contribution in [1.29, 1.82) is 5.26 Å². The molecule has 0 aliphatic carbocycles. The third kappa shape index (κ3) is 2.88. The van der Waals surface area contributed by atoms with Gasteiger partial charge in [-0.1, -0.05) is 0 Å². The average molecular weight is 328 g/mol. The molecule has 1 aromatic heterocycles. The molecule has 1 heterocycles. The molecule has 3 nitrogen and oxygen atoms in total. The van der Waals surface area contributed by atoms with Crippen LogP contribution in [0.1, 0.15) is 16.7 Å². The lowest BCUT2D eigenvalue weighted by atomic mass is 10.0. The number of hydrogen-bond donors (Lipinski definition) is 0. The Hall–Kier alpha value is -3.07. The van der Waals surface area contributed by atoms with E-state index in [4.69, 9.17) is 4.74 Å². The van der Waals surface area contributed by atoms with E-state index in [1.54, 1.807) is 24.4 Å². The molecule has 3 aromatic rings. The van der Waals surface area contributed by atoms with Gasteiger partial charge in [-0.2, -0.15) is 18.4 Å². The van der Waals surface area contributed by atoms with Crippen molar-refractivity contribution < 1.29 is 17.9 Å². The van der Waals surface area contributed by atoms with Crippen LogP contribution in [0.25, 0.3) is 10.9 Å². The van der Waals surface area contributed by atoms with Gasteiger partial charge in [0.25, 0.3) is 0 Å². The molecule has 24 heavy (non-hydrogen) atoms. The van der Waals surface area contributed by atoms with E-state index in [-0.39, 0.29) is 5.75 Å². The molecule has 0 aliphatic rings. The fourth-order valence-corrected chi connectivity index (χ4v) is 2.42. The molecule has 0 saturated carbocycles. The lowest BCUT2D eigenvalue weighted by molar-refractivity contribution is -0.137. The maximum Gasteiger partial charge on any atom is 0.416 e. The van der Waals surface area contributed by atoms with Gasteiger partial charge < -0.3 is 4.74 Å². The SMILES string of the molecule is Cc1ccnc2c(Oc3ccc(C(F)(F)F)cc3)ccc(C#N)c12. The van der Waals surface area contributed by atoms with Crippen LogP contribution in [0.5, 0.6) is 11.5 Å². The third-order valence-electron chi connectivity index (χ3n) is 3.59. The van der Waals surface area contributed by atoms with E-state index in [0.29, 0.717) is 22.2 Å². The minimum atomic E-state index is -4.39. The largest absolute Gasteiger partial charge is 0.455 e. The Morgan fingerprint density at radius 2 is 1.75 bits per heavy atom.